The van der Waals surface area contributed by atoms with Gasteiger partial charge >= 0.3 is 6.18 Å². The van der Waals surface area contributed by atoms with Crippen LogP contribution in [0.3, 0.4) is 0 Å². The van der Waals surface area contributed by atoms with E-state index >= 15 is 0 Å². The third-order valence-corrected chi connectivity index (χ3v) is 3.25. The molecular formula is C12H16F3N. The highest BCUT2D eigenvalue weighted by Gasteiger charge is 2.33. The standard InChI is InChI=1S/C12H16F3N/c1-8(2)11(3,4)9-5-10(7-16-6-9)12(13,14)15/h5-8H,1-4H3. The van der Waals surface area contributed by atoms with Crippen LogP contribution in [0.5, 0.6) is 0 Å². The normalized spacial score (nSPS) is 13.2. The fourth-order valence-electron chi connectivity index (χ4n) is 1.28. The smallest absolute Gasteiger partial charge is 0.264 e. The fraction of sp³-hybridized carbons (Fsp3) is 0.583. The summed E-state index contributed by atoms with van der Waals surface area (Å²) in [6, 6.07) is 1.19. The molecular weight excluding hydrogens is 215 g/mol. The lowest BCUT2D eigenvalue weighted by Gasteiger charge is -2.29. The van der Waals surface area contributed by atoms with Crippen LogP contribution in [0.4, 0.5) is 13.2 Å². The fourth-order valence-corrected chi connectivity index (χ4v) is 1.28. The van der Waals surface area contributed by atoms with Gasteiger partial charge in [-0.05, 0) is 23.0 Å². The lowest BCUT2D eigenvalue weighted by molar-refractivity contribution is -0.137. The molecule has 16 heavy (non-hydrogen) atoms. The van der Waals surface area contributed by atoms with Crippen LogP contribution < -0.4 is 0 Å². The Balaban J connectivity index is 3.18. The predicted molar refractivity (Wildman–Crippen MR) is 57.1 cm³/mol. The molecule has 0 amide bonds. The molecule has 1 heterocycles. The van der Waals surface area contributed by atoms with E-state index in [1.54, 1.807) is 0 Å². The van der Waals surface area contributed by atoms with E-state index < -0.39 is 11.7 Å². The summed E-state index contributed by atoms with van der Waals surface area (Å²) < 4.78 is 37.6. The Morgan fingerprint density at radius 1 is 1.06 bits per heavy atom. The molecule has 0 radical (unpaired) electrons. The Morgan fingerprint density at radius 3 is 2.00 bits per heavy atom. The second-order valence-corrected chi connectivity index (χ2v) is 4.84. The summed E-state index contributed by atoms with van der Waals surface area (Å²) in [6.45, 7) is 7.82. The monoisotopic (exact) mass is 231 g/mol. The van der Waals surface area contributed by atoms with E-state index in [9.17, 15) is 13.2 Å². The molecule has 0 N–H and O–H groups in total. The number of halogens is 3. The first-order valence-electron chi connectivity index (χ1n) is 5.18. The Bertz CT molecular complexity index is 367. The number of rotatable bonds is 2. The minimum atomic E-state index is -4.32. The first-order valence-corrected chi connectivity index (χ1v) is 5.18. The van der Waals surface area contributed by atoms with Crippen molar-refractivity contribution in [3.63, 3.8) is 0 Å². The number of hydrogen-bond acceptors (Lipinski definition) is 1. The Hall–Kier alpha value is -1.06. The van der Waals surface area contributed by atoms with Crippen molar-refractivity contribution in [1.82, 2.24) is 4.98 Å². The van der Waals surface area contributed by atoms with E-state index in [2.05, 4.69) is 4.98 Å². The van der Waals surface area contributed by atoms with Gasteiger partial charge < -0.3 is 0 Å². The van der Waals surface area contributed by atoms with Gasteiger partial charge in [-0.15, -0.1) is 0 Å². The molecule has 4 heteroatoms. The van der Waals surface area contributed by atoms with Crippen LogP contribution in [0.1, 0.15) is 38.8 Å². The van der Waals surface area contributed by atoms with Gasteiger partial charge in [0.05, 0.1) is 5.56 Å². The van der Waals surface area contributed by atoms with Crippen LogP contribution in [-0.2, 0) is 11.6 Å². The number of aromatic nitrogens is 1. The second kappa shape index (κ2) is 4.07. The summed E-state index contributed by atoms with van der Waals surface area (Å²) in [6.07, 6.45) is -1.95. The molecule has 90 valence electrons. The molecule has 0 aromatic carbocycles. The topological polar surface area (TPSA) is 12.9 Å². The van der Waals surface area contributed by atoms with Gasteiger partial charge in [-0.2, -0.15) is 13.2 Å². The molecule has 0 aliphatic rings. The summed E-state index contributed by atoms with van der Waals surface area (Å²) in [5.41, 5.74) is -0.370. The third-order valence-electron chi connectivity index (χ3n) is 3.25. The highest BCUT2D eigenvalue weighted by molar-refractivity contribution is 5.27. The van der Waals surface area contributed by atoms with Gasteiger partial charge in [-0.3, -0.25) is 4.98 Å². The van der Waals surface area contributed by atoms with Crippen LogP contribution in [0.15, 0.2) is 18.5 Å². The quantitative estimate of drug-likeness (QED) is 0.748. The Labute approximate surface area is 93.7 Å². The average Bonchev–Trinajstić information content (AvgIpc) is 2.16. The lowest BCUT2D eigenvalue weighted by atomic mass is 9.75. The van der Waals surface area contributed by atoms with Crippen molar-refractivity contribution in [2.45, 2.75) is 39.3 Å². The molecule has 0 fully saturated rings. The molecule has 1 aromatic rings. The van der Waals surface area contributed by atoms with Gasteiger partial charge in [0.25, 0.3) is 0 Å². The van der Waals surface area contributed by atoms with Gasteiger partial charge in [-0.25, -0.2) is 0 Å². The summed E-state index contributed by atoms with van der Waals surface area (Å²) in [4.78, 5) is 3.68. The summed E-state index contributed by atoms with van der Waals surface area (Å²) in [5, 5.41) is 0. The van der Waals surface area contributed by atoms with Crippen LogP contribution >= 0.6 is 0 Å². The van der Waals surface area contributed by atoms with Crippen molar-refractivity contribution in [1.29, 1.82) is 0 Å². The molecule has 0 saturated carbocycles. The van der Waals surface area contributed by atoms with E-state index in [0.29, 0.717) is 5.56 Å². The number of hydrogen-bond donors (Lipinski definition) is 0. The Morgan fingerprint density at radius 2 is 1.56 bits per heavy atom. The highest BCUT2D eigenvalue weighted by atomic mass is 19.4. The van der Waals surface area contributed by atoms with Gasteiger partial charge in [0.1, 0.15) is 0 Å². The SMILES string of the molecule is CC(C)C(C)(C)c1cncc(C(F)(F)F)c1. The largest absolute Gasteiger partial charge is 0.417 e. The van der Waals surface area contributed by atoms with Crippen molar-refractivity contribution in [3.8, 4) is 0 Å². The lowest BCUT2D eigenvalue weighted by Crippen LogP contribution is -2.25. The second-order valence-electron chi connectivity index (χ2n) is 4.84. The van der Waals surface area contributed by atoms with Gasteiger partial charge in [0.2, 0.25) is 0 Å². The molecule has 0 unspecified atom stereocenters. The maximum absolute atomic E-state index is 12.5. The summed E-state index contributed by atoms with van der Waals surface area (Å²) in [7, 11) is 0. The van der Waals surface area contributed by atoms with Crippen LogP contribution in [0.2, 0.25) is 0 Å². The zero-order valence-electron chi connectivity index (χ0n) is 9.89. The Kier molecular flexibility index (Phi) is 3.31. The van der Waals surface area contributed by atoms with Crippen molar-refractivity contribution in [2.75, 3.05) is 0 Å². The minimum Gasteiger partial charge on any atom is -0.264 e. The molecule has 0 aliphatic heterocycles. The molecule has 0 saturated heterocycles. The summed E-state index contributed by atoms with van der Waals surface area (Å²) >= 11 is 0. The first kappa shape index (κ1) is 13.0. The van der Waals surface area contributed by atoms with E-state index in [1.807, 2.05) is 27.7 Å². The summed E-state index contributed by atoms with van der Waals surface area (Å²) in [5.74, 6) is 0.248. The third kappa shape index (κ3) is 2.54. The van der Waals surface area contributed by atoms with Crippen LogP contribution in [0.25, 0.3) is 0 Å². The highest BCUT2D eigenvalue weighted by Crippen LogP contribution is 2.35. The zero-order chi connectivity index (χ0) is 12.6. The van der Waals surface area contributed by atoms with Crippen molar-refractivity contribution < 1.29 is 13.2 Å². The number of pyridine rings is 1. The minimum absolute atomic E-state index is 0.248. The molecule has 0 spiro atoms. The van der Waals surface area contributed by atoms with E-state index in [4.69, 9.17) is 0 Å². The van der Waals surface area contributed by atoms with Gasteiger partial charge in [-0.1, -0.05) is 27.7 Å². The zero-order valence-corrected chi connectivity index (χ0v) is 9.89. The maximum atomic E-state index is 12.5. The molecule has 0 aliphatic carbocycles. The van der Waals surface area contributed by atoms with E-state index in [1.165, 1.54) is 12.3 Å². The van der Waals surface area contributed by atoms with Crippen molar-refractivity contribution in [3.05, 3.63) is 29.6 Å². The van der Waals surface area contributed by atoms with Crippen LogP contribution in [0, 0.1) is 5.92 Å². The predicted octanol–water partition coefficient (Wildman–Crippen LogP) is 4.03. The molecule has 1 aromatic heterocycles. The van der Waals surface area contributed by atoms with Crippen molar-refractivity contribution >= 4 is 0 Å². The van der Waals surface area contributed by atoms with E-state index in [-0.39, 0.29) is 11.3 Å². The van der Waals surface area contributed by atoms with E-state index in [0.717, 1.165) is 6.20 Å². The molecule has 1 rings (SSSR count). The molecule has 0 bridgehead atoms. The number of alkyl halides is 3. The van der Waals surface area contributed by atoms with Gasteiger partial charge in [0.15, 0.2) is 0 Å². The molecule has 1 nitrogen and oxygen atoms in total. The average molecular weight is 231 g/mol. The van der Waals surface area contributed by atoms with Gasteiger partial charge in [0, 0.05) is 12.4 Å². The van der Waals surface area contributed by atoms with Crippen LogP contribution in [-0.4, -0.2) is 4.98 Å². The first-order chi connectivity index (χ1) is 7.15. The maximum Gasteiger partial charge on any atom is 0.417 e. The van der Waals surface area contributed by atoms with Crippen molar-refractivity contribution in [2.24, 2.45) is 5.92 Å². The number of nitrogens with zero attached hydrogens (tertiary/aromatic N) is 1. The molecule has 0 atom stereocenters.